The van der Waals surface area contributed by atoms with Crippen LogP contribution in [0.4, 0.5) is 0 Å². The van der Waals surface area contributed by atoms with E-state index < -0.39 is 9.85 Å². The molecule has 0 unspecified atom stereocenters. The van der Waals surface area contributed by atoms with Gasteiger partial charge in [-0.2, -0.15) is 0 Å². The van der Waals surface area contributed by atoms with Crippen LogP contribution in [0.25, 0.3) is 6.08 Å². The number of benzene rings is 2. The van der Waals surface area contributed by atoms with Crippen molar-refractivity contribution in [2.75, 3.05) is 7.05 Å². The number of nitrogens with zero attached hydrogens (tertiary/aromatic N) is 2. The highest BCUT2D eigenvalue weighted by molar-refractivity contribution is 5.76. The Morgan fingerprint density at radius 3 is 1.59 bits per heavy atom. The highest BCUT2D eigenvalue weighted by Gasteiger charge is 1.99. The molecule has 2 aromatic carbocycles. The number of carbonyl (C=O) groups excluding carboxylic acids is 1. The quantitative estimate of drug-likeness (QED) is 0.268. The molecule has 11 nitrogen and oxygen atoms in total. The second-order valence-corrected chi connectivity index (χ2v) is 4.65. The van der Waals surface area contributed by atoms with Crippen molar-refractivity contribution >= 4 is 12.4 Å². The Bertz CT molecular complexity index is 831. The van der Waals surface area contributed by atoms with E-state index in [9.17, 15) is 14.9 Å². The molecule has 0 aliphatic rings. The number of aldehydes is 1. The minimum atomic E-state index is -0.607. The summed E-state index contributed by atoms with van der Waals surface area (Å²) in [6.07, 6.45) is 2.57. The van der Waals surface area contributed by atoms with E-state index in [4.69, 9.17) is 30.5 Å². The average Bonchev–Trinajstić information content (AvgIpc) is 2.58. The Kier molecular flexibility index (Phi) is 9.66. The topological polar surface area (TPSA) is 184 Å². The van der Waals surface area contributed by atoms with Gasteiger partial charge in [0.05, 0.1) is 4.92 Å². The van der Waals surface area contributed by atoms with Crippen molar-refractivity contribution in [2.24, 2.45) is 0 Å². The number of phenols is 4. The van der Waals surface area contributed by atoms with Gasteiger partial charge in [0.15, 0.2) is 30.0 Å². The van der Waals surface area contributed by atoms with Crippen LogP contribution in [0.3, 0.4) is 0 Å². The summed E-state index contributed by atoms with van der Waals surface area (Å²) in [5.41, 5.74) is 0.794. The Balaban J connectivity index is 0.000000428. The zero-order chi connectivity index (χ0) is 21.0. The summed E-state index contributed by atoms with van der Waals surface area (Å²) in [6, 6.07) is 7.82. The van der Waals surface area contributed by atoms with E-state index in [0.717, 1.165) is 13.2 Å². The standard InChI is InChI=1S/C8H7NO4.C7H6O3.CH3NO2/c10-7-2-1-6(5-8(7)11)3-4-9(12)13;8-4-5-1-2-6(9)7(10)3-5;1-2(3)4/h1-5,10-11H;1-4,9-10H;1H3/b4-3+;;. The maximum absolute atomic E-state index is 10.1. The molecule has 2 aromatic rings. The van der Waals surface area contributed by atoms with Gasteiger partial charge in [0, 0.05) is 16.6 Å². The number of rotatable bonds is 3. The molecule has 0 saturated carbocycles. The fraction of sp³-hybridized carbons (Fsp3) is 0.0625. The Labute approximate surface area is 152 Å². The maximum Gasteiger partial charge on any atom is 0.235 e. The van der Waals surface area contributed by atoms with E-state index in [1.165, 1.54) is 42.5 Å². The first kappa shape index (κ1) is 22.9. The van der Waals surface area contributed by atoms with Crippen LogP contribution in [-0.2, 0) is 0 Å². The molecule has 0 aromatic heterocycles. The van der Waals surface area contributed by atoms with Crippen LogP contribution >= 0.6 is 0 Å². The molecule has 11 heteroatoms. The molecule has 0 spiro atoms. The third-order valence-corrected chi connectivity index (χ3v) is 2.52. The van der Waals surface area contributed by atoms with Crippen molar-refractivity contribution in [2.45, 2.75) is 0 Å². The zero-order valence-electron chi connectivity index (χ0n) is 13.9. The smallest absolute Gasteiger partial charge is 0.235 e. The van der Waals surface area contributed by atoms with E-state index >= 15 is 0 Å². The Morgan fingerprint density at radius 1 is 0.815 bits per heavy atom. The van der Waals surface area contributed by atoms with Gasteiger partial charge in [-0.15, -0.1) is 0 Å². The fourth-order valence-electron chi connectivity index (χ4n) is 1.40. The molecule has 0 saturated heterocycles. The second kappa shape index (κ2) is 11.4. The van der Waals surface area contributed by atoms with E-state index in [0.29, 0.717) is 17.4 Å². The molecule has 0 aliphatic carbocycles. The molecule has 0 atom stereocenters. The lowest BCUT2D eigenvalue weighted by Crippen LogP contribution is -1.82. The number of hydrogen-bond donors (Lipinski definition) is 4. The average molecular weight is 380 g/mol. The highest BCUT2D eigenvalue weighted by Crippen LogP contribution is 2.25. The first-order chi connectivity index (χ1) is 12.6. The first-order valence-corrected chi connectivity index (χ1v) is 6.95. The van der Waals surface area contributed by atoms with E-state index in [2.05, 4.69) is 0 Å². The summed E-state index contributed by atoms with van der Waals surface area (Å²) in [4.78, 5) is 27.7. The van der Waals surface area contributed by atoms with Crippen LogP contribution in [0.1, 0.15) is 15.9 Å². The molecule has 0 radical (unpaired) electrons. The summed E-state index contributed by atoms with van der Waals surface area (Å²) < 4.78 is 0. The predicted octanol–water partition coefficient (Wildman–Crippen LogP) is 2.15. The van der Waals surface area contributed by atoms with Crippen LogP contribution < -0.4 is 0 Å². The molecule has 0 amide bonds. The molecule has 0 fully saturated rings. The third-order valence-electron chi connectivity index (χ3n) is 2.52. The van der Waals surface area contributed by atoms with Gasteiger partial charge < -0.3 is 20.4 Å². The van der Waals surface area contributed by atoms with Crippen molar-refractivity contribution < 1.29 is 35.1 Å². The Morgan fingerprint density at radius 2 is 1.22 bits per heavy atom. The maximum atomic E-state index is 10.1. The molecule has 2 rings (SSSR count). The molecule has 144 valence electrons. The van der Waals surface area contributed by atoms with Crippen LogP contribution in [0.5, 0.6) is 23.0 Å². The lowest BCUT2D eigenvalue weighted by Gasteiger charge is -1.96. The summed E-state index contributed by atoms with van der Waals surface area (Å²) in [5.74, 6) is -1.04. The van der Waals surface area contributed by atoms with Gasteiger partial charge in [-0.05, 0) is 35.9 Å². The van der Waals surface area contributed by atoms with Crippen LogP contribution in [-0.4, -0.2) is 43.6 Å². The molecule has 4 N–H and O–H groups in total. The monoisotopic (exact) mass is 380 g/mol. The molecular weight excluding hydrogens is 364 g/mol. The predicted molar refractivity (Wildman–Crippen MR) is 93.9 cm³/mol. The van der Waals surface area contributed by atoms with E-state index in [1.54, 1.807) is 0 Å². The lowest BCUT2D eigenvalue weighted by atomic mass is 10.2. The minimum Gasteiger partial charge on any atom is -0.504 e. The summed E-state index contributed by atoms with van der Waals surface area (Å²) >= 11 is 0. The van der Waals surface area contributed by atoms with Crippen molar-refractivity contribution in [3.63, 3.8) is 0 Å². The van der Waals surface area contributed by atoms with Crippen LogP contribution in [0.15, 0.2) is 42.6 Å². The Hall–Kier alpha value is -4.15. The zero-order valence-corrected chi connectivity index (χ0v) is 13.9. The molecule has 0 heterocycles. The molecule has 27 heavy (non-hydrogen) atoms. The minimum absolute atomic E-state index is 0.217. The molecule has 0 bridgehead atoms. The van der Waals surface area contributed by atoms with Gasteiger partial charge in [0.2, 0.25) is 6.20 Å². The second-order valence-electron chi connectivity index (χ2n) is 4.65. The van der Waals surface area contributed by atoms with Crippen LogP contribution in [0.2, 0.25) is 0 Å². The number of hydrogen-bond acceptors (Lipinski definition) is 9. The number of nitro groups is 2. The lowest BCUT2D eigenvalue weighted by molar-refractivity contribution is -0.445. The van der Waals surface area contributed by atoms with Gasteiger partial charge in [-0.1, -0.05) is 6.07 Å². The van der Waals surface area contributed by atoms with Gasteiger partial charge >= 0.3 is 0 Å². The van der Waals surface area contributed by atoms with Gasteiger partial charge in [-0.25, -0.2) is 0 Å². The SMILES string of the molecule is C[N+](=O)[O-].O=Cc1ccc(O)c(O)c1.O=[N+]([O-])/C=C/c1ccc(O)c(O)c1. The number of phenolic OH excluding ortho intramolecular Hbond substituents is 4. The summed E-state index contributed by atoms with van der Waals surface area (Å²) in [7, 11) is 0.889. The highest BCUT2D eigenvalue weighted by atomic mass is 16.6. The first-order valence-electron chi connectivity index (χ1n) is 6.95. The molecule has 0 aliphatic heterocycles. The fourth-order valence-corrected chi connectivity index (χ4v) is 1.40. The molecular formula is C16H16N2O9. The van der Waals surface area contributed by atoms with Gasteiger partial charge in [0.1, 0.15) is 6.29 Å². The van der Waals surface area contributed by atoms with Crippen molar-refractivity contribution in [3.05, 3.63) is 74.0 Å². The van der Waals surface area contributed by atoms with Crippen molar-refractivity contribution in [3.8, 4) is 23.0 Å². The normalized spacial score (nSPS) is 9.37. The third kappa shape index (κ3) is 10.3. The summed E-state index contributed by atoms with van der Waals surface area (Å²) in [5, 5.41) is 54.3. The van der Waals surface area contributed by atoms with Crippen molar-refractivity contribution in [1.82, 2.24) is 0 Å². The van der Waals surface area contributed by atoms with Gasteiger partial charge in [-0.3, -0.25) is 25.0 Å². The van der Waals surface area contributed by atoms with E-state index in [1.807, 2.05) is 0 Å². The van der Waals surface area contributed by atoms with E-state index in [-0.39, 0.29) is 23.0 Å². The largest absolute Gasteiger partial charge is 0.504 e. The summed E-state index contributed by atoms with van der Waals surface area (Å²) in [6.45, 7) is 0. The van der Waals surface area contributed by atoms with Gasteiger partial charge in [0.25, 0.3) is 0 Å². The van der Waals surface area contributed by atoms with Crippen LogP contribution in [0, 0.1) is 20.2 Å². The number of carbonyl (C=O) groups is 1. The van der Waals surface area contributed by atoms with Crippen molar-refractivity contribution in [1.29, 1.82) is 0 Å². The number of aromatic hydroxyl groups is 4.